The molecule has 22 heavy (non-hydrogen) atoms. The van der Waals surface area contributed by atoms with E-state index in [4.69, 9.17) is 16.3 Å². The third-order valence-electron chi connectivity index (χ3n) is 3.74. The Morgan fingerprint density at radius 1 is 1.41 bits per heavy atom. The second-order valence-corrected chi connectivity index (χ2v) is 6.01. The second kappa shape index (κ2) is 9.10. The van der Waals surface area contributed by atoms with E-state index < -0.39 is 0 Å². The zero-order valence-corrected chi connectivity index (χ0v) is 13.4. The topological polar surface area (TPSA) is 61.8 Å². The SMILES string of the molecule is O=C(CCN1CCOC[C@@H](CO)C1)NCc1ccc(Cl)cc1. The van der Waals surface area contributed by atoms with Crippen molar-refractivity contribution in [2.45, 2.75) is 13.0 Å². The number of aliphatic hydroxyl groups excluding tert-OH is 1. The fraction of sp³-hybridized carbons (Fsp3) is 0.562. The smallest absolute Gasteiger partial charge is 0.221 e. The van der Waals surface area contributed by atoms with Gasteiger partial charge >= 0.3 is 0 Å². The van der Waals surface area contributed by atoms with E-state index in [0.29, 0.717) is 37.7 Å². The molecule has 0 saturated carbocycles. The van der Waals surface area contributed by atoms with Gasteiger partial charge in [0, 0.05) is 50.1 Å². The summed E-state index contributed by atoms with van der Waals surface area (Å²) in [5.74, 6) is 0.167. The molecule has 2 rings (SSSR count). The molecule has 1 heterocycles. The Labute approximate surface area is 136 Å². The summed E-state index contributed by atoms with van der Waals surface area (Å²) < 4.78 is 5.44. The largest absolute Gasteiger partial charge is 0.396 e. The van der Waals surface area contributed by atoms with Crippen molar-refractivity contribution in [1.82, 2.24) is 10.2 Å². The molecule has 2 N–H and O–H groups in total. The summed E-state index contributed by atoms with van der Waals surface area (Å²) in [7, 11) is 0. The summed E-state index contributed by atoms with van der Waals surface area (Å²) in [6.07, 6.45) is 0.450. The molecule has 0 aromatic heterocycles. The molecule has 1 atom stereocenters. The Balaban J connectivity index is 1.69. The highest BCUT2D eigenvalue weighted by Crippen LogP contribution is 2.09. The molecular weight excluding hydrogens is 304 g/mol. The van der Waals surface area contributed by atoms with Gasteiger partial charge in [0.2, 0.25) is 5.91 Å². The number of aliphatic hydroxyl groups is 1. The lowest BCUT2D eigenvalue weighted by atomic mass is 10.1. The van der Waals surface area contributed by atoms with E-state index in [1.165, 1.54) is 0 Å². The van der Waals surface area contributed by atoms with Crippen molar-refractivity contribution in [2.24, 2.45) is 5.92 Å². The van der Waals surface area contributed by atoms with Gasteiger partial charge in [-0.1, -0.05) is 23.7 Å². The van der Waals surface area contributed by atoms with Gasteiger partial charge in [-0.25, -0.2) is 0 Å². The van der Waals surface area contributed by atoms with E-state index >= 15 is 0 Å². The van der Waals surface area contributed by atoms with Crippen molar-refractivity contribution in [3.63, 3.8) is 0 Å². The Kier molecular flexibility index (Phi) is 7.12. The van der Waals surface area contributed by atoms with Gasteiger partial charge < -0.3 is 20.1 Å². The molecule has 0 spiro atoms. The monoisotopic (exact) mass is 326 g/mol. The first-order chi connectivity index (χ1) is 10.7. The van der Waals surface area contributed by atoms with E-state index in [1.54, 1.807) is 0 Å². The molecule has 0 aliphatic carbocycles. The molecule has 1 aromatic carbocycles. The van der Waals surface area contributed by atoms with Crippen molar-refractivity contribution in [3.8, 4) is 0 Å². The molecule has 0 radical (unpaired) electrons. The first kappa shape index (κ1) is 17.2. The molecule has 6 heteroatoms. The second-order valence-electron chi connectivity index (χ2n) is 5.58. The summed E-state index contributed by atoms with van der Waals surface area (Å²) in [5.41, 5.74) is 1.03. The van der Waals surface area contributed by atoms with Crippen molar-refractivity contribution < 1.29 is 14.6 Å². The minimum Gasteiger partial charge on any atom is -0.396 e. The van der Waals surface area contributed by atoms with Crippen LogP contribution in [0.25, 0.3) is 0 Å². The van der Waals surface area contributed by atoms with Crippen LogP contribution in [0.3, 0.4) is 0 Å². The van der Waals surface area contributed by atoms with Gasteiger partial charge in [0.1, 0.15) is 0 Å². The molecular formula is C16H23ClN2O3. The van der Waals surface area contributed by atoms with E-state index in [-0.39, 0.29) is 18.4 Å². The number of amides is 1. The minimum atomic E-state index is 0.0284. The van der Waals surface area contributed by atoms with E-state index in [9.17, 15) is 9.90 Å². The fourth-order valence-electron chi connectivity index (χ4n) is 2.42. The number of nitrogens with zero attached hydrogens (tertiary/aromatic N) is 1. The molecule has 1 fully saturated rings. The Bertz CT molecular complexity index is 467. The van der Waals surface area contributed by atoms with Crippen molar-refractivity contribution >= 4 is 17.5 Å². The van der Waals surface area contributed by atoms with Crippen molar-refractivity contribution in [3.05, 3.63) is 34.9 Å². The van der Waals surface area contributed by atoms with Crippen LogP contribution < -0.4 is 5.32 Å². The van der Waals surface area contributed by atoms with E-state index in [0.717, 1.165) is 18.7 Å². The number of hydrogen-bond donors (Lipinski definition) is 2. The molecule has 1 saturated heterocycles. The highest BCUT2D eigenvalue weighted by atomic mass is 35.5. The first-order valence-corrected chi connectivity index (χ1v) is 7.97. The number of halogens is 1. The highest BCUT2D eigenvalue weighted by molar-refractivity contribution is 6.30. The van der Waals surface area contributed by atoms with Crippen LogP contribution in [0.2, 0.25) is 5.02 Å². The maximum absolute atomic E-state index is 11.9. The van der Waals surface area contributed by atoms with Crippen LogP contribution in [0.15, 0.2) is 24.3 Å². The Morgan fingerprint density at radius 3 is 2.91 bits per heavy atom. The van der Waals surface area contributed by atoms with Gasteiger partial charge in [-0.2, -0.15) is 0 Å². The van der Waals surface area contributed by atoms with Crippen LogP contribution in [-0.4, -0.2) is 55.4 Å². The third kappa shape index (κ3) is 5.93. The van der Waals surface area contributed by atoms with Gasteiger partial charge in [-0.15, -0.1) is 0 Å². The number of hydrogen-bond acceptors (Lipinski definition) is 4. The van der Waals surface area contributed by atoms with Gasteiger partial charge in [-0.05, 0) is 17.7 Å². The lowest BCUT2D eigenvalue weighted by Gasteiger charge is -2.21. The molecule has 1 amide bonds. The Hall–Kier alpha value is -1.14. The molecule has 0 bridgehead atoms. The standard InChI is InChI=1S/C16H23ClN2O3/c17-15-3-1-13(2-4-15)9-18-16(21)5-6-19-7-8-22-12-14(10-19)11-20/h1-4,14,20H,5-12H2,(H,18,21)/t14-/m1/s1. The number of benzene rings is 1. The molecule has 0 unspecified atom stereocenters. The summed E-state index contributed by atoms with van der Waals surface area (Å²) in [6.45, 7) is 4.16. The quantitative estimate of drug-likeness (QED) is 0.827. The summed E-state index contributed by atoms with van der Waals surface area (Å²) in [6, 6.07) is 7.44. The average Bonchev–Trinajstić information content (AvgIpc) is 2.77. The maximum Gasteiger partial charge on any atom is 0.221 e. The number of nitrogens with one attached hydrogen (secondary N) is 1. The predicted octanol–water partition coefficient (Wildman–Crippen LogP) is 1.29. The average molecular weight is 327 g/mol. The lowest BCUT2D eigenvalue weighted by molar-refractivity contribution is -0.121. The van der Waals surface area contributed by atoms with Crippen LogP contribution in [0.4, 0.5) is 0 Å². The molecule has 122 valence electrons. The zero-order valence-electron chi connectivity index (χ0n) is 12.6. The predicted molar refractivity (Wildman–Crippen MR) is 85.8 cm³/mol. The first-order valence-electron chi connectivity index (χ1n) is 7.59. The van der Waals surface area contributed by atoms with Crippen LogP contribution in [0, 0.1) is 5.92 Å². The van der Waals surface area contributed by atoms with Crippen molar-refractivity contribution in [2.75, 3.05) is 39.5 Å². The minimum absolute atomic E-state index is 0.0284. The maximum atomic E-state index is 11.9. The van der Waals surface area contributed by atoms with E-state index in [1.807, 2.05) is 24.3 Å². The molecule has 1 aromatic rings. The number of carbonyl (C=O) groups excluding carboxylic acids is 1. The molecule has 1 aliphatic rings. The van der Waals surface area contributed by atoms with Crippen LogP contribution >= 0.6 is 11.6 Å². The molecule has 5 nitrogen and oxygen atoms in total. The van der Waals surface area contributed by atoms with Crippen LogP contribution in [0.5, 0.6) is 0 Å². The van der Waals surface area contributed by atoms with Crippen LogP contribution in [0.1, 0.15) is 12.0 Å². The van der Waals surface area contributed by atoms with Gasteiger partial charge in [-0.3, -0.25) is 4.79 Å². The highest BCUT2D eigenvalue weighted by Gasteiger charge is 2.18. The fourth-order valence-corrected chi connectivity index (χ4v) is 2.54. The summed E-state index contributed by atoms with van der Waals surface area (Å²) >= 11 is 5.83. The zero-order chi connectivity index (χ0) is 15.8. The van der Waals surface area contributed by atoms with Gasteiger partial charge in [0.25, 0.3) is 0 Å². The third-order valence-corrected chi connectivity index (χ3v) is 3.99. The summed E-state index contributed by atoms with van der Waals surface area (Å²) in [5, 5.41) is 12.8. The van der Waals surface area contributed by atoms with Gasteiger partial charge in [0.05, 0.1) is 13.2 Å². The lowest BCUT2D eigenvalue weighted by Crippen LogP contribution is -2.35. The normalized spacial score (nSPS) is 19.6. The number of ether oxygens (including phenoxy) is 1. The number of carbonyl (C=O) groups is 1. The van der Waals surface area contributed by atoms with Crippen molar-refractivity contribution in [1.29, 1.82) is 0 Å². The molecule has 1 aliphatic heterocycles. The van der Waals surface area contributed by atoms with E-state index in [2.05, 4.69) is 10.2 Å². The van der Waals surface area contributed by atoms with Gasteiger partial charge in [0.15, 0.2) is 0 Å². The van der Waals surface area contributed by atoms with Crippen LogP contribution in [-0.2, 0) is 16.1 Å². The summed E-state index contributed by atoms with van der Waals surface area (Å²) in [4.78, 5) is 14.1. The number of rotatable bonds is 6. The Morgan fingerprint density at radius 2 is 2.18 bits per heavy atom.